The van der Waals surface area contributed by atoms with Gasteiger partial charge in [-0.25, -0.2) is 9.97 Å². The third kappa shape index (κ3) is 3.52. The average molecular weight is 351 g/mol. The van der Waals surface area contributed by atoms with Gasteiger partial charge in [0.2, 0.25) is 0 Å². The Bertz CT molecular complexity index is 843. The number of rotatable bonds is 5. The number of aliphatic hydroxyl groups is 1. The summed E-state index contributed by atoms with van der Waals surface area (Å²) in [4.78, 5) is 20.6. The van der Waals surface area contributed by atoms with Crippen LogP contribution < -0.4 is 5.32 Å². The molecule has 2 aromatic heterocycles. The lowest BCUT2D eigenvalue weighted by Gasteiger charge is -2.16. The Balaban J connectivity index is 1.37. The van der Waals surface area contributed by atoms with Crippen molar-refractivity contribution < 1.29 is 9.90 Å². The minimum Gasteiger partial charge on any atom is -0.391 e. The number of carbonyl (C=O) groups excluding carboxylic acids is 1. The SMILES string of the molecule is O=C(N[C@@H]1CC(Cn2ccnc2)C[C@H]1O)c1ccc(-n2ccnc2)cc1. The Kier molecular flexibility index (Phi) is 4.53. The zero-order valence-corrected chi connectivity index (χ0v) is 14.3. The van der Waals surface area contributed by atoms with Gasteiger partial charge in [-0.1, -0.05) is 0 Å². The number of hydrogen-bond donors (Lipinski definition) is 2. The molecule has 1 saturated carbocycles. The molecule has 134 valence electrons. The number of amides is 1. The quantitative estimate of drug-likeness (QED) is 0.732. The van der Waals surface area contributed by atoms with E-state index in [1.807, 2.05) is 33.7 Å². The molecule has 1 unspecified atom stereocenters. The molecular formula is C19H21N5O2. The van der Waals surface area contributed by atoms with Gasteiger partial charge < -0.3 is 19.6 Å². The first-order valence-corrected chi connectivity index (χ1v) is 8.72. The van der Waals surface area contributed by atoms with Crippen molar-refractivity contribution in [3.8, 4) is 5.69 Å². The second-order valence-corrected chi connectivity index (χ2v) is 6.76. The van der Waals surface area contributed by atoms with Crippen LogP contribution >= 0.6 is 0 Å². The second-order valence-electron chi connectivity index (χ2n) is 6.76. The van der Waals surface area contributed by atoms with E-state index < -0.39 is 6.10 Å². The van der Waals surface area contributed by atoms with E-state index in [9.17, 15) is 9.90 Å². The maximum atomic E-state index is 12.5. The Hall–Kier alpha value is -2.93. The van der Waals surface area contributed by atoms with Gasteiger partial charge in [0.15, 0.2) is 0 Å². The molecule has 1 aliphatic rings. The van der Waals surface area contributed by atoms with Gasteiger partial charge >= 0.3 is 0 Å². The third-order valence-corrected chi connectivity index (χ3v) is 4.90. The summed E-state index contributed by atoms with van der Waals surface area (Å²) in [6, 6.07) is 7.11. The summed E-state index contributed by atoms with van der Waals surface area (Å²) in [5.41, 5.74) is 1.53. The molecule has 0 bridgehead atoms. The number of imidazole rings is 2. The van der Waals surface area contributed by atoms with Crippen LogP contribution in [0.15, 0.2) is 61.7 Å². The second kappa shape index (κ2) is 7.13. The molecular weight excluding hydrogens is 330 g/mol. The smallest absolute Gasteiger partial charge is 0.251 e. The van der Waals surface area contributed by atoms with E-state index in [0.717, 1.165) is 18.7 Å². The molecule has 3 aromatic rings. The van der Waals surface area contributed by atoms with E-state index in [1.165, 1.54) is 0 Å². The lowest BCUT2D eigenvalue weighted by Crippen LogP contribution is -2.39. The highest BCUT2D eigenvalue weighted by molar-refractivity contribution is 5.94. The summed E-state index contributed by atoms with van der Waals surface area (Å²) in [6.07, 6.45) is 11.6. The van der Waals surface area contributed by atoms with Crippen LogP contribution in [0.1, 0.15) is 23.2 Å². The molecule has 1 aromatic carbocycles. The molecule has 26 heavy (non-hydrogen) atoms. The van der Waals surface area contributed by atoms with E-state index in [-0.39, 0.29) is 11.9 Å². The van der Waals surface area contributed by atoms with Gasteiger partial charge in [0.1, 0.15) is 0 Å². The fourth-order valence-electron chi connectivity index (χ4n) is 3.56. The summed E-state index contributed by atoms with van der Waals surface area (Å²) in [7, 11) is 0. The number of aromatic nitrogens is 4. The predicted octanol–water partition coefficient (Wildman–Crippen LogP) is 1.64. The highest BCUT2D eigenvalue weighted by atomic mass is 16.3. The number of benzene rings is 1. The average Bonchev–Trinajstić information content (AvgIpc) is 3.39. The topological polar surface area (TPSA) is 85.0 Å². The van der Waals surface area contributed by atoms with Gasteiger partial charge in [-0.2, -0.15) is 0 Å². The van der Waals surface area contributed by atoms with Crippen LogP contribution in [-0.2, 0) is 6.54 Å². The largest absolute Gasteiger partial charge is 0.391 e. The van der Waals surface area contributed by atoms with Crippen molar-refractivity contribution in [2.75, 3.05) is 0 Å². The van der Waals surface area contributed by atoms with Crippen molar-refractivity contribution in [1.29, 1.82) is 0 Å². The summed E-state index contributed by atoms with van der Waals surface area (Å²) in [6.45, 7) is 0.809. The van der Waals surface area contributed by atoms with Crippen LogP contribution in [0.25, 0.3) is 5.69 Å². The van der Waals surface area contributed by atoms with Crippen LogP contribution in [0.2, 0.25) is 0 Å². The number of hydrogen-bond acceptors (Lipinski definition) is 4. The maximum Gasteiger partial charge on any atom is 0.251 e. The van der Waals surface area contributed by atoms with E-state index in [0.29, 0.717) is 17.9 Å². The standard InChI is InChI=1S/C19H21N5O2/c25-18-10-14(11-23-7-5-20-12-23)9-17(18)22-19(26)15-1-3-16(4-2-15)24-8-6-21-13-24/h1-8,12-14,17-18,25H,9-11H2,(H,22,26)/t14?,17-,18-/m1/s1. The molecule has 0 spiro atoms. The van der Waals surface area contributed by atoms with E-state index in [4.69, 9.17) is 0 Å². The van der Waals surface area contributed by atoms with Crippen molar-refractivity contribution in [3.05, 3.63) is 67.3 Å². The van der Waals surface area contributed by atoms with Gasteiger partial charge in [-0.15, -0.1) is 0 Å². The third-order valence-electron chi connectivity index (χ3n) is 4.90. The first-order chi connectivity index (χ1) is 12.7. The summed E-state index contributed by atoms with van der Waals surface area (Å²) >= 11 is 0. The minimum absolute atomic E-state index is 0.158. The first kappa shape index (κ1) is 16.5. The molecule has 2 heterocycles. The zero-order chi connectivity index (χ0) is 17.9. The Morgan fingerprint density at radius 3 is 2.58 bits per heavy atom. The predicted molar refractivity (Wildman–Crippen MR) is 95.8 cm³/mol. The van der Waals surface area contributed by atoms with E-state index >= 15 is 0 Å². The highest BCUT2D eigenvalue weighted by Crippen LogP contribution is 2.28. The van der Waals surface area contributed by atoms with Gasteiger partial charge in [-0.05, 0) is 43.0 Å². The lowest BCUT2D eigenvalue weighted by molar-refractivity contribution is 0.0873. The summed E-state index contributed by atoms with van der Waals surface area (Å²) < 4.78 is 3.89. The maximum absolute atomic E-state index is 12.5. The molecule has 3 atom stereocenters. The van der Waals surface area contributed by atoms with Crippen molar-refractivity contribution in [3.63, 3.8) is 0 Å². The van der Waals surface area contributed by atoms with Crippen LogP contribution in [0.3, 0.4) is 0 Å². The van der Waals surface area contributed by atoms with Crippen molar-refractivity contribution >= 4 is 5.91 Å². The zero-order valence-electron chi connectivity index (χ0n) is 14.3. The molecule has 1 amide bonds. The van der Waals surface area contributed by atoms with Crippen molar-refractivity contribution in [2.24, 2.45) is 5.92 Å². The van der Waals surface area contributed by atoms with Crippen LogP contribution in [-0.4, -0.2) is 42.3 Å². The van der Waals surface area contributed by atoms with E-state index in [2.05, 4.69) is 15.3 Å². The normalized spacial score (nSPS) is 22.4. The van der Waals surface area contributed by atoms with E-state index in [1.54, 1.807) is 37.2 Å². The first-order valence-electron chi connectivity index (χ1n) is 8.72. The molecule has 4 rings (SSSR count). The summed E-state index contributed by atoms with van der Waals surface area (Å²) in [5, 5.41) is 13.3. The van der Waals surface area contributed by atoms with Crippen LogP contribution in [0, 0.1) is 5.92 Å². The molecule has 2 N–H and O–H groups in total. The van der Waals surface area contributed by atoms with Crippen molar-refractivity contribution in [2.45, 2.75) is 31.5 Å². The molecule has 0 saturated heterocycles. The minimum atomic E-state index is -0.516. The van der Waals surface area contributed by atoms with Crippen molar-refractivity contribution in [1.82, 2.24) is 24.4 Å². The summed E-state index contributed by atoms with van der Waals surface area (Å²) in [5.74, 6) is 0.169. The number of carbonyl (C=O) groups is 1. The Labute approximate surface area is 151 Å². The van der Waals surface area contributed by atoms with Crippen LogP contribution in [0.4, 0.5) is 0 Å². The molecule has 0 aliphatic heterocycles. The van der Waals surface area contributed by atoms with Crippen LogP contribution in [0.5, 0.6) is 0 Å². The molecule has 7 heteroatoms. The number of nitrogens with one attached hydrogen (secondary N) is 1. The fourth-order valence-corrected chi connectivity index (χ4v) is 3.56. The number of aliphatic hydroxyl groups excluding tert-OH is 1. The van der Waals surface area contributed by atoms with Gasteiger partial charge in [0.25, 0.3) is 5.91 Å². The monoisotopic (exact) mass is 351 g/mol. The molecule has 1 fully saturated rings. The number of nitrogens with zero attached hydrogens (tertiary/aromatic N) is 4. The Morgan fingerprint density at radius 1 is 1.12 bits per heavy atom. The van der Waals surface area contributed by atoms with Gasteiger partial charge in [-0.3, -0.25) is 4.79 Å². The fraction of sp³-hybridized carbons (Fsp3) is 0.316. The van der Waals surface area contributed by atoms with Gasteiger partial charge in [0.05, 0.1) is 24.8 Å². The molecule has 7 nitrogen and oxygen atoms in total. The lowest BCUT2D eigenvalue weighted by atomic mass is 10.1. The molecule has 1 aliphatic carbocycles. The Morgan fingerprint density at radius 2 is 1.88 bits per heavy atom. The van der Waals surface area contributed by atoms with Gasteiger partial charge in [0, 0.05) is 42.6 Å². The highest BCUT2D eigenvalue weighted by Gasteiger charge is 2.34. The molecule has 0 radical (unpaired) electrons.